The molecule has 3 nitrogen and oxygen atoms in total. The summed E-state index contributed by atoms with van der Waals surface area (Å²) in [5.41, 5.74) is 3.33. The first-order chi connectivity index (χ1) is 6.68. The van der Waals surface area contributed by atoms with E-state index in [1.54, 1.807) is 19.0 Å². The Kier molecular flexibility index (Phi) is 3.72. The topological polar surface area (TPSA) is 32.3 Å². The van der Waals surface area contributed by atoms with Gasteiger partial charge in [0.05, 0.1) is 0 Å². The summed E-state index contributed by atoms with van der Waals surface area (Å²) in [5.74, 6) is 0.0692. The molecule has 1 N–H and O–H groups in total. The van der Waals surface area contributed by atoms with Crippen LogP contribution >= 0.6 is 12.4 Å². The third-order valence-electron chi connectivity index (χ3n) is 2.49. The summed E-state index contributed by atoms with van der Waals surface area (Å²) in [6, 6.07) is 5.91. The van der Waals surface area contributed by atoms with Crippen LogP contribution < -0.4 is 5.32 Å². The monoisotopic (exact) mass is 226 g/mol. The predicted octanol–water partition coefficient (Wildman–Crippen LogP) is 1.41. The second kappa shape index (κ2) is 4.64. The summed E-state index contributed by atoms with van der Waals surface area (Å²) in [7, 11) is 3.54. The molecule has 2 rings (SSSR count). The predicted molar refractivity (Wildman–Crippen MR) is 62.3 cm³/mol. The molecule has 0 aliphatic carbocycles. The maximum Gasteiger partial charge on any atom is 0.253 e. The summed E-state index contributed by atoms with van der Waals surface area (Å²) in [6.45, 7) is 1.80. The summed E-state index contributed by atoms with van der Waals surface area (Å²) in [6.07, 6.45) is 0. The van der Waals surface area contributed by atoms with Gasteiger partial charge in [0.1, 0.15) is 0 Å². The molecule has 4 heteroatoms. The fourth-order valence-electron chi connectivity index (χ4n) is 1.69. The fourth-order valence-corrected chi connectivity index (χ4v) is 1.69. The molecule has 0 saturated carbocycles. The molecule has 0 bridgehead atoms. The minimum absolute atomic E-state index is 0. The van der Waals surface area contributed by atoms with Crippen molar-refractivity contribution in [2.45, 2.75) is 13.1 Å². The lowest BCUT2D eigenvalue weighted by molar-refractivity contribution is 0.0827. The average Bonchev–Trinajstić information content (AvgIpc) is 2.62. The first-order valence-corrected chi connectivity index (χ1v) is 4.72. The molecule has 1 heterocycles. The smallest absolute Gasteiger partial charge is 0.253 e. The number of carbonyl (C=O) groups is 1. The van der Waals surface area contributed by atoms with Crippen LogP contribution in [0.4, 0.5) is 0 Å². The summed E-state index contributed by atoms with van der Waals surface area (Å²) < 4.78 is 0. The second-order valence-electron chi connectivity index (χ2n) is 3.79. The molecule has 1 aromatic carbocycles. The number of rotatable bonds is 1. The number of amides is 1. The van der Waals surface area contributed by atoms with Crippen LogP contribution in [0, 0.1) is 0 Å². The Hall–Kier alpha value is -1.06. The van der Waals surface area contributed by atoms with Gasteiger partial charge in [-0.15, -0.1) is 12.4 Å². The lowest BCUT2D eigenvalue weighted by Crippen LogP contribution is -2.21. The van der Waals surface area contributed by atoms with Gasteiger partial charge in [-0.05, 0) is 23.3 Å². The standard InChI is InChI=1S/C11H14N2O.ClH/c1-13(2)11(14)8-3-4-9-6-12-7-10(9)5-8;/h3-5,12H,6-7H2,1-2H3;1H. The van der Waals surface area contributed by atoms with E-state index in [9.17, 15) is 4.79 Å². The Bertz CT molecular complexity index is 377. The number of benzene rings is 1. The molecule has 0 radical (unpaired) electrons. The minimum atomic E-state index is 0. The molecule has 0 fully saturated rings. The van der Waals surface area contributed by atoms with Crippen molar-refractivity contribution in [3.8, 4) is 0 Å². The molecular formula is C11H15ClN2O. The highest BCUT2D eigenvalue weighted by Gasteiger charge is 2.13. The van der Waals surface area contributed by atoms with E-state index in [1.165, 1.54) is 11.1 Å². The van der Waals surface area contributed by atoms with E-state index in [0.29, 0.717) is 0 Å². The normalized spacial score (nSPS) is 12.9. The molecule has 0 atom stereocenters. The Morgan fingerprint density at radius 3 is 2.60 bits per heavy atom. The van der Waals surface area contributed by atoms with Crippen molar-refractivity contribution in [3.05, 3.63) is 34.9 Å². The maximum atomic E-state index is 11.6. The Morgan fingerprint density at radius 2 is 1.93 bits per heavy atom. The molecule has 1 aromatic rings. The molecule has 1 amide bonds. The van der Waals surface area contributed by atoms with E-state index in [1.807, 2.05) is 18.2 Å². The Labute approximate surface area is 95.9 Å². The van der Waals surface area contributed by atoms with Gasteiger partial charge in [-0.1, -0.05) is 6.07 Å². The molecule has 1 aliphatic rings. The van der Waals surface area contributed by atoms with Crippen molar-refractivity contribution in [1.82, 2.24) is 10.2 Å². The van der Waals surface area contributed by atoms with Crippen molar-refractivity contribution in [1.29, 1.82) is 0 Å². The summed E-state index contributed by atoms with van der Waals surface area (Å²) >= 11 is 0. The molecule has 0 aromatic heterocycles. The second-order valence-corrected chi connectivity index (χ2v) is 3.79. The van der Waals surface area contributed by atoms with Gasteiger partial charge < -0.3 is 10.2 Å². The van der Waals surface area contributed by atoms with E-state index in [2.05, 4.69) is 5.32 Å². The van der Waals surface area contributed by atoms with Crippen LogP contribution in [0.25, 0.3) is 0 Å². The number of hydrogen-bond acceptors (Lipinski definition) is 2. The van der Waals surface area contributed by atoms with Gasteiger partial charge in [0.15, 0.2) is 0 Å². The van der Waals surface area contributed by atoms with E-state index >= 15 is 0 Å². The molecule has 0 spiro atoms. The molecule has 0 unspecified atom stereocenters. The SMILES string of the molecule is CN(C)C(=O)c1ccc2c(c1)CNC2.Cl. The van der Waals surface area contributed by atoms with E-state index < -0.39 is 0 Å². The molecular weight excluding hydrogens is 212 g/mol. The van der Waals surface area contributed by atoms with Gasteiger partial charge in [-0.2, -0.15) is 0 Å². The molecule has 15 heavy (non-hydrogen) atoms. The largest absolute Gasteiger partial charge is 0.345 e. The number of carbonyl (C=O) groups excluding carboxylic acids is 1. The van der Waals surface area contributed by atoms with Crippen LogP contribution in [-0.4, -0.2) is 24.9 Å². The first kappa shape index (κ1) is 12.0. The van der Waals surface area contributed by atoms with Gasteiger partial charge in [0, 0.05) is 32.7 Å². The van der Waals surface area contributed by atoms with Gasteiger partial charge in [0.2, 0.25) is 0 Å². The molecule has 82 valence electrons. The number of fused-ring (bicyclic) bond motifs is 1. The number of hydrogen-bond donors (Lipinski definition) is 1. The van der Waals surface area contributed by atoms with Gasteiger partial charge >= 0.3 is 0 Å². The highest BCUT2D eigenvalue weighted by Crippen LogP contribution is 2.17. The van der Waals surface area contributed by atoms with Crippen molar-refractivity contribution >= 4 is 18.3 Å². The van der Waals surface area contributed by atoms with E-state index in [4.69, 9.17) is 0 Å². The zero-order valence-electron chi connectivity index (χ0n) is 8.91. The lowest BCUT2D eigenvalue weighted by Gasteiger charge is -2.10. The minimum Gasteiger partial charge on any atom is -0.345 e. The third kappa shape index (κ3) is 2.30. The highest BCUT2D eigenvalue weighted by atomic mass is 35.5. The van der Waals surface area contributed by atoms with E-state index in [-0.39, 0.29) is 18.3 Å². The highest BCUT2D eigenvalue weighted by molar-refractivity contribution is 5.94. The van der Waals surface area contributed by atoms with Gasteiger partial charge in [-0.3, -0.25) is 4.79 Å². The van der Waals surface area contributed by atoms with Crippen molar-refractivity contribution in [3.63, 3.8) is 0 Å². The maximum absolute atomic E-state index is 11.6. The van der Waals surface area contributed by atoms with Crippen molar-refractivity contribution < 1.29 is 4.79 Å². The Balaban J connectivity index is 0.00000112. The van der Waals surface area contributed by atoms with Gasteiger partial charge in [0.25, 0.3) is 5.91 Å². The summed E-state index contributed by atoms with van der Waals surface area (Å²) in [4.78, 5) is 13.3. The third-order valence-corrected chi connectivity index (χ3v) is 2.49. The Morgan fingerprint density at radius 1 is 1.27 bits per heavy atom. The van der Waals surface area contributed by atoms with Crippen LogP contribution in [0.3, 0.4) is 0 Å². The van der Waals surface area contributed by atoms with Crippen molar-refractivity contribution in [2.75, 3.05) is 14.1 Å². The first-order valence-electron chi connectivity index (χ1n) is 4.72. The van der Waals surface area contributed by atoms with Crippen LogP contribution in [0.15, 0.2) is 18.2 Å². The number of nitrogens with one attached hydrogen (secondary N) is 1. The zero-order valence-corrected chi connectivity index (χ0v) is 9.73. The number of halogens is 1. The summed E-state index contributed by atoms with van der Waals surface area (Å²) in [5, 5.41) is 3.26. The van der Waals surface area contributed by atoms with Crippen LogP contribution in [0.5, 0.6) is 0 Å². The zero-order chi connectivity index (χ0) is 10.1. The quantitative estimate of drug-likeness (QED) is 0.786. The number of nitrogens with zero attached hydrogens (tertiary/aromatic N) is 1. The molecule has 1 aliphatic heterocycles. The average molecular weight is 227 g/mol. The van der Waals surface area contributed by atoms with Crippen LogP contribution in [-0.2, 0) is 13.1 Å². The van der Waals surface area contributed by atoms with Gasteiger partial charge in [-0.25, -0.2) is 0 Å². The van der Waals surface area contributed by atoms with Crippen molar-refractivity contribution in [2.24, 2.45) is 0 Å². The fraction of sp³-hybridized carbons (Fsp3) is 0.364. The van der Waals surface area contributed by atoms with E-state index in [0.717, 1.165) is 18.7 Å². The molecule has 0 saturated heterocycles. The van der Waals surface area contributed by atoms with Crippen LogP contribution in [0.2, 0.25) is 0 Å². The lowest BCUT2D eigenvalue weighted by atomic mass is 10.1. The van der Waals surface area contributed by atoms with Crippen LogP contribution in [0.1, 0.15) is 21.5 Å².